The molecule has 2 aliphatic heterocycles. The smallest absolute Gasteiger partial charge is 0.269 e. The Morgan fingerprint density at radius 3 is 2.31 bits per heavy atom. The van der Waals surface area contributed by atoms with E-state index in [4.69, 9.17) is 14.1 Å². The lowest BCUT2D eigenvalue weighted by Gasteiger charge is -2.52. The molecule has 0 radical (unpaired) electrons. The van der Waals surface area contributed by atoms with Gasteiger partial charge in [0.05, 0.1) is 4.92 Å². The number of nitro benzene ring substituents is 1. The van der Waals surface area contributed by atoms with Gasteiger partial charge in [-0.1, -0.05) is 38.1 Å². The first kappa shape index (κ1) is 25.3. The first-order valence-corrected chi connectivity index (χ1v) is 14.6. The van der Waals surface area contributed by atoms with E-state index in [2.05, 4.69) is 38.8 Å². The molecule has 0 aromatic heterocycles. The van der Waals surface area contributed by atoms with Crippen LogP contribution in [0.25, 0.3) is 0 Å². The molecule has 0 N–H and O–H groups in total. The van der Waals surface area contributed by atoms with E-state index in [0.717, 1.165) is 31.5 Å². The van der Waals surface area contributed by atoms with Crippen molar-refractivity contribution < 1.29 is 19.0 Å². The molecule has 180 valence electrons. The third-order valence-electron chi connectivity index (χ3n) is 7.07. The molecule has 3 rings (SSSR count). The van der Waals surface area contributed by atoms with E-state index in [9.17, 15) is 10.1 Å². The molecule has 2 saturated heterocycles. The summed E-state index contributed by atoms with van der Waals surface area (Å²) in [5.74, 6) is -0.830. The topological polar surface area (TPSA) is 77.3 Å². The van der Waals surface area contributed by atoms with E-state index < -0.39 is 14.1 Å². The van der Waals surface area contributed by atoms with Gasteiger partial charge in [0.25, 0.3) is 5.69 Å². The second-order valence-electron chi connectivity index (χ2n) is 10.6. The van der Waals surface area contributed by atoms with Gasteiger partial charge in [-0.2, -0.15) is 0 Å². The Hall–Kier alpha value is -1.36. The van der Waals surface area contributed by atoms with Gasteiger partial charge >= 0.3 is 0 Å². The van der Waals surface area contributed by atoms with Gasteiger partial charge in [0.15, 0.2) is 5.79 Å². The van der Waals surface area contributed by atoms with Crippen LogP contribution in [0.1, 0.15) is 65.4 Å². The zero-order chi connectivity index (χ0) is 23.7. The molecular formula is C23H39N3O5Si. The number of hydrogen-bond donors (Lipinski definition) is 0. The predicted octanol–water partition coefficient (Wildman–Crippen LogP) is 5.43. The minimum Gasteiger partial charge on any atom is -0.349 e. The molecular weight excluding hydrogens is 426 g/mol. The standard InChI is InChI=1S/C23H39N3O5Si/c1-8-29-23(5)17-20(18-11-13-19(14-12-18)25(27)28)21(24-15-9-10-16-24)26(30-23)31-32(6,7)22(2,3)4/h11-14,20-21H,8-10,15-17H2,1-7H3/t20-,21+,23+/m1/s1. The van der Waals surface area contributed by atoms with Gasteiger partial charge in [-0.25, -0.2) is 4.84 Å². The van der Waals surface area contributed by atoms with Crippen LogP contribution in [0.3, 0.4) is 0 Å². The van der Waals surface area contributed by atoms with Crippen LogP contribution in [-0.2, 0) is 14.1 Å². The number of likely N-dealkylation sites (tertiary alicyclic amines) is 1. The Morgan fingerprint density at radius 2 is 1.81 bits per heavy atom. The van der Waals surface area contributed by atoms with Crippen LogP contribution in [0.5, 0.6) is 0 Å². The molecule has 8 nitrogen and oxygen atoms in total. The van der Waals surface area contributed by atoms with E-state index in [1.54, 1.807) is 17.4 Å². The highest BCUT2D eigenvalue weighted by atomic mass is 28.4. The number of nitrogens with zero attached hydrogens (tertiary/aromatic N) is 3. The van der Waals surface area contributed by atoms with Crippen LogP contribution in [0.2, 0.25) is 18.1 Å². The van der Waals surface area contributed by atoms with Gasteiger partial charge < -0.3 is 9.26 Å². The monoisotopic (exact) mass is 465 g/mol. The lowest BCUT2D eigenvalue weighted by Crippen LogP contribution is -2.62. The van der Waals surface area contributed by atoms with Crippen LogP contribution in [0.4, 0.5) is 5.69 Å². The third-order valence-corrected chi connectivity index (χ3v) is 11.3. The van der Waals surface area contributed by atoms with Crippen molar-refractivity contribution in [2.75, 3.05) is 19.7 Å². The number of benzene rings is 1. The maximum absolute atomic E-state index is 11.2. The summed E-state index contributed by atoms with van der Waals surface area (Å²) < 4.78 is 12.8. The molecule has 0 unspecified atom stereocenters. The fourth-order valence-corrected chi connectivity index (χ4v) is 5.15. The fourth-order valence-electron chi connectivity index (χ4n) is 4.29. The molecule has 0 bridgehead atoms. The SMILES string of the molecule is CCO[C@]1(C)C[C@H](c2ccc([N+](=O)[O-])cc2)[C@@H](N2CCCC2)N(O[Si](C)(C)C(C)(C)C)O1. The molecule has 1 aromatic carbocycles. The maximum atomic E-state index is 11.2. The molecule has 2 aliphatic rings. The quantitative estimate of drug-likeness (QED) is 0.302. The molecule has 3 atom stereocenters. The van der Waals surface area contributed by atoms with E-state index in [-0.39, 0.29) is 27.7 Å². The number of rotatable bonds is 7. The number of nitro groups is 1. The summed E-state index contributed by atoms with van der Waals surface area (Å²) in [5.41, 5.74) is 1.13. The minimum atomic E-state index is -2.20. The number of hydrogen-bond acceptors (Lipinski definition) is 7. The Bertz CT molecular complexity index is 792. The van der Waals surface area contributed by atoms with Crippen molar-refractivity contribution >= 4 is 14.0 Å². The summed E-state index contributed by atoms with van der Waals surface area (Å²) in [6.07, 6.45) is 2.79. The molecule has 0 spiro atoms. The van der Waals surface area contributed by atoms with Crippen molar-refractivity contribution in [3.8, 4) is 0 Å². The predicted molar refractivity (Wildman–Crippen MR) is 126 cm³/mol. The molecule has 9 heteroatoms. The lowest BCUT2D eigenvalue weighted by molar-refractivity contribution is -0.475. The van der Waals surface area contributed by atoms with Crippen LogP contribution in [-0.4, -0.2) is 55.0 Å². The summed E-state index contributed by atoms with van der Waals surface area (Å²) in [6.45, 7) is 17.4. The fraction of sp³-hybridized carbons (Fsp3) is 0.739. The second-order valence-corrected chi connectivity index (χ2v) is 15.3. The van der Waals surface area contributed by atoms with Crippen molar-refractivity contribution in [2.24, 2.45) is 0 Å². The maximum Gasteiger partial charge on any atom is 0.269 e. The summed E-state index contributed by atoms with van der Waals surface area (Å²) in [6, 6.07) is 6.91. The van der Waals surface area contributed by atoms with Gasteiger partial charge in [0.1, 0.15) is 6.17 Å². The van der Waals surface area contributed by atoms with Crippen LogP contribution < -0.4 is 0 Å². The first-order valence-electron chi connectivity index (χ1n) is 11.7. The highest BCUT2D eigenvalue weighted by molar-refractivity contribution is 6.74. The van der Waals surface area contributed by atoms with E-state index in [1.165, 1.54) is 0 Å². The highest BCUT2D eigenvalue weighted by Crippen LogP contribution is 2.45. The zero-order valence-electron chi connectivity index (χ0n) is 20.6. The molecule has 0 amide bonds. The largest absolute Gasteiger partial charge is 0.349 e. The van der Waals surface area contributed by atoms with Gasteiger partial charge in [-0.3, -0.25) is 15.0 Å². The molecule has 32 heavy (non-hydrogen) atoms. The van der Waals surface area contributed by atoms with Crippen molar-refractivity contribution in [1.29, 1.82) is 0 Å². The summed E-state index contributed by atoms with van der Waals surface area (Å²) in [5, 5.41) is 12.9. The molecule has 0 saturated carbocycles. The van der Waals surface area contributed by atoms with Gasteiger partial charge in [0, 0.05) is 31.1 Å². The molecule has 1 aromatic rings. The van der Waals surface area contributed by atoms with Gasteiger partial charge in [-0.05, 0) is 63.5 Å². The highest BCUT2D eigenvalue weighted by Gasteiger charge is 2.51. The Kier molecular flexibility index (Phi) is 7.48. The minimum absolute atomic E-state index is 0.00817. The average Bonchev–Trinajstić information content (AvgIpc) is 3.20. The summed E-state index contributed by atoms with van der Waals surface area (Å²) >= 11 is 0. The van der Waals surface area contributed by atoms with E-state index >= 15 is 0 Å². The van der Waals surface area contributed by atoms with Crippen molar-refractivity contribution in [3.63, 3.8) is 0 Å². The molecule has 0 aliphatic carbocycles. The van der Waals surface area contributed by atoms with Gasteiger partial charge in [-0.15, -0.1) is 0 Å². The second kappa shape index (κ2) is 9.48. The molecule has 2 heterocycles. The van der Waals surface area contributed by atoms with Crippen LogP contribution >= 0.6 is 0 Å². The summed E-state index contributed by atoms with van der Waals surface area (Å²) in [7, 11) is -2.20. The normalized spacial score (nSPS) is 28.2. The first-order chi connectivity index (χ1) is 14.9. The summed E-state index contributed by atoms with van der Waals surface area (Å²) in [4.78, 5) is 19.7. The zero-order valence-corrected chi connectivity index (χ0v) is 21.6. The number of hydroxylamine groups is 2. The average molecular weight is 466 g/mol. The van der Waals surface area contributed by atoms with Gasteiger partial charge in [0.2, 0.25) is 8.32 Å². The Balaban J connectivity index is 2.03. The lowest BCUT2D eigenvalue weighted by atomic mass is 9.87. The number of non-ortho nitro benzene ring substituents is 1. The van der Waals surface area contributed by atoms with E-state index in [1.807, 2.05) is 26.0 Å². The van der Waals surface area contributed by atoms with E-state index in [0.29, 0.717) is 13.0 Å². The number of ether oxygens (including phenoxy) is 1. The van der Waals surface area contributed by atoms with Crippen LogP contribution in [0, 0.1) is 10.1 Å². The Morgan fingerprint density at radius 1 is 1.22 bits per heavy atom. The Labute approximate surface area is 193 Å². The van der Waals surface area contributed by atoms with Crippen LogP contribution in [0.15, 0.2) is 24.3 Å². The van der Waals surface area contributed by atoms with Crippen molar-refractivity contribution in [1.82, 2.24) is 10.1 Å². The molecule has 2 fully saturated rings. The van der Waals surface area contributed by atoms with Crippen molar-refractivity contribution in [3.05, 3.63) is 39.9 Å². The van der Waals surface area contributed by atoms with Crippen molar-refractivity contribution in [2.45, 2.75) is 89.9 Å². The third kappa shape index (κ3) is 5.40.